The molecule has 0 aliphatic heterocycles. The molecule has 1 aromatic carbocycles. The highest BCUT2D eigenvalue weighted by atomic mass is 16.3. The molecule has 0 fully saturated rings. The molecule has 7 nitrogen and oxygen atoms in total. The van der Waals surface area contributed by atoms with Crippen LogP contribution >= 0.6 is 0 Å². The maximum Gasteiger partial charge on any atom is 0.287 e. The second-order valence-corrected chi connectivity index (χ2v) is 4.46. The van der Waals surface area contributed by atoms with Crippen molar-refractivity contribution >= 4 is 28.7 Å². The molecule has 21 heavy (non-hydrogen) atoms. The van der Waals surface area contributed by atoms with Gasteiger partial charge in [-0.05, 0) is 12.1 Å². The quantitative estimate of drug-likeness (QED) is 0.727. The Bertz CT molecular complexity index is 659. The predicted octanol–water partition coefficient (Wildman–Crippen LogP) is 0.153. The Kier molecular flexibility index (Phi) is 4.22. The minimum Gasteiger partial charge on any atom is -0.451 e. The fourth-order valence-electron chi connectivity index (χ4n) is 1.91. The van der Waals surface area contributed by atoms with Gasteiger partial charge in [0.05, 0.1) is 6.42 Å². The van der Waals surface area contributed by atoms with Crippen LogP contribution in [0.3, 0.4) is 0 Å². The third-order valence-corrected chi connectivity index (χ3v) is 2.92. The van der Waals surface area contributed by atoms with Crippen molar-refractivity contribution in [1.82, 2.24) is 10.6 Å². The minimum atomic E-state index is -1.03. The molecule has 0 radical (unpaired) electrons. The summed E-state index contributed by atoms with van der Waals surface area (Å²) in [6, 6.07) is 7.67. The van der Waals surface area contributed by atoms with Crippen molar-refractivity contribution in [1.29, 1.82) is 0 Å². The molecule has 0 unspecified atom stereocenters. The van der Waals surface area contributed by atoms with Crippen LogP contribution in [0.1, 0.15) is 17.0 Å². The van der Waals surface area contributed by atoms with Gasteiger partial charge in [-0.1, -0.05) is 18.2 Å². The molecule has 1 aromatic heterocycles. The number of carbonyl (C=O) groups is 3. The van der Waals surface area contributed by atoms with Gasteiger partial charge in [-0.2, -0.15) is 0 Å². The molecule has 0 saturated carbocycles. The average molecular weight is 289 g/mol. The summed E-state index contributed by atoms with van der Waals surface area (Å²) < 4.78 is 5.39. The number of nitrogens with two attached hydrogens (primary N) is 1. The molecule has 2 aromatic rings. The van der Waals surface area contributed by atoms with Crippen LogP contribution in [0.5, 0.6) is 0 Å². The third kappa shape index (κ3) is 3.38. The van der Waals surface area contributed by atoms with Gasteiger partial charge in [0.15, 0.2) is 5.76 Å². The number of para-hydroxylation sites is 1. The molecule has 7 heteroatoms. The Balaban J connectivity index is 2.17. The first-order valence-electron chi connectivity index (χ1n) is 6.30. The van der Waals surface area contributed by atoms with Crippen molar-refractivity contribution < 1.29 is 18.8 Å². The Morgan fingerprint density at radius 2 is 2.00 bits per heavy atom. The Labute approximate surface area is 120 Å². The summed E-state index contributed by atoms with van der Waals surface area (Å²) >= 11 is 0. The van der Waals surface area contributed by atoms with Gasteiger partial charge in [-0.25, -0.2) is 0 Å². The second kappa shape index (κ2) is 6.08. The Morgan fingerprint density at radius 3 is 2.62 bits per heavy atom. The molecule has 3 amide bonds. The van der Waals surface area contributed by atoms with Crippen LogP contribution in [-0.4, -0.2) is 30.8 Å². The van der Waals surface area contributed by atoms with Crippen LogP contribution in [0.25, 0.3) is 11.0 Å². The van der Waals surface area contributed by atoms with Gasteiger partial charge >= 0.3 is 0 Å². The van der Waals surface area contributed by atoms with E-state index in [2.05, 4.69) is 10.6 Å². The number of carbonyl (C=O) groups excluding carboxylic acids is 3. The molecular weight excluding hydrogens is 274 g/mol. The van der Waals surface area contributed by atoms with Crippen LogP contribution < -0.4 is 16.4 Å². The highest BCUT2D eigenvalue weighted by molar-refractivity contribution is 5.99. The number of primary amides is 1. The molecule has 4 N–H and O–H groups in total. The highest BCUT2D eigenvalue weighted by Crippen LogP contribution is 2.18. The van der Waals surface area contributed by atoms with E-state index < -0.39 is 23.8 Å². The summed E-state index contributed by atoms with van der Waals surface area (Å²) in [4.78, 5) is 34.7. The molecule has 0 aliphatic rings. The molecule has 0 aliphatic carbocycles. The van der Waals surface area contributed by atoms with E-state index in [0.717, 1.165) is 5.39 Å². The lowest BCUT2D eigenvalue weighted by Gasteiger charge is -2.14. The Morgan fingerprint density at radius 1 is 1.29 bits per heavy atom. The predicted molar refractivity (Wildman–Crippen MR) is 75.3 cm³/mol. The standard InChI is InChI=1S/C14H15N3O4/c1-16-13(19)9(7-12(15)18)17-14(20)11-6-8-4-2-3-5-10(8)21-11/h2-6,9H,7H2,1H3,(H2,15,18)(H,16,19)(H,17,20)/t9-/m0/s1. The number of likely N-dealkylation sites (N-methyl/N-ethyl adjacent to an activating group) is 1. The zero-order valence-corrected chi connectivity index (χ0v) is 11.4. The van der Waals surface area contributed by atoms with Crippen molar-refractivity contribution in [3.05, 3.63) is 36.1 Å². The summed E-state index contributed by atoms with van der Waals surface area (Å²) in [7, 11) is 1.41. The lowest BCUT2D eigenvalue weighted by atomic mass is 10.1. The lowest BCUT2D eigenvalue weighted by Crippen LogP contribution is -2.47. The van der Waals surface area contributed by atoms with E-state index in [-0.39, 0.29) is 12.2 Å². The van der Waals surface area contributed by atoms with Gasteiger partial charge in [0.1, 0.15) is 11.6 Å². The molecule has 0 spiro atoms. The number of nitrogens with one attached hydrogen (secondary N) is 2. The van der Waals surface area contributed by atoms with E-state index in [1.165, 1.54) is 7.05 Å². The first kappa shape index (κ1) is 14.6. The smallest absolute Gasteiger partial charge is 0.287 e. The zero-order chi connectivity index (χ0) is 15.4. The monoisotopic (exact) mass is 289 g/mol. The van der Waals surface area contributed by atoms with E-state index in [4.69, 9.17) is 10.2 Å². The van der Waals surface area contributed by atoms with Crippen LogP contribution in [0.2, 0.25) is 0 Å². The number of furan rings is 1. The summed E-state index contributed by atoms with van der Waals surface area (Å²) in [6.45, 7) is 0. The first-order chi connectivity index (χ1) is 10.0. The summed E-state index contributed by atoms with van der Waals surface area (Å²) in [5.74, 6) is -1.71. The van der Waals surface area contributed by atoms with Crippen molar-refractivity contribution in [2.75, 3.05) is 7.05 Å². The van der Waals surface area contributed by atoms with Crippen LogP contribution in [-0.2, 0) is 9.59 Å². The van der Waals surface area contributed by atoms with E-state index in [9.17, 15) is 14.4 Å². The maximum absolute atomic E-state index is 12.1. The molecule has 1 atom stereocenters. The molecular formula is C14H15N3O4. The van der Waals surface area contributed by atoms with Crippen molar-refractivity contribution in [3.8, 4) is 0 Å². The van der Waals surface area contributed by atoms with Gasteiger partial charge in [0, 0.05) is 12.4 Å². The number of hydrogen-bond acceptors (Lipinski definition) is 4. The normalized spacial score (nSPS) is 11.9. The second-order valence-electron chi connectivity index (χ2n) is 4.46. The van der Waals surface area contributed by atoms with Crippen LogP contribution in [0, 0.1) is 0 Å². The third-order valence-electron chi connectivity index (χ3n) is 2.92. The first-order valence-corrected chi connectivity index (χ1v) is 6.30. The van der Waals surface area contributed by atoms with E-state index in [1.807, 2.05) is 6.07 Å². The molecule has 0 bridgehead atoms. The minimum absolute atomic E-state index is 0.0644. The Hall–Kier alpha value is -2.83. The molecule has 0 saturated heterocycles. The van der Waals surface area contributed by atoms with E-state index >= 15 is 0 Å². The van der Waals surface area contributed by atoms with Crippen LogP contribution in [0.15, 0.2) is 34.7 Å². The van der Waals surface area contributed by atoms with Crippen molar-refractivity contribution in [3.63, 3.8) is 0 Å². The maximum atomic E-state index is 12.1. The van der Waals surface area contributed by atoms with Gasteiger partial charge < -0.3 is 20.8 Å². The average Bonchev–Trinajstić information content (AvgIpc) is 2.89. The van der Waals surface area contributed by atoms with E-state index in [1.54, 1.807) is 24.3 Å². The molecule has 110 valence electrons. The fourth-order valence-corrected chi connectivity index (χ4v) is 1.91. The van der Waals surface area contributed by atoms with E-state index in [0.29, 0.717) is 5.58 Å². The number of hydrogen-bond donors (Lipinski definition) is 3. The molecule has 2 rings (SSSR count). The summed E-state index contributed by atoms with van der Waals surface area (Å²) in [5.41, 5.74) is 5.63. The van der Waals surface area contributed by atoms with Crippen molar-refractivity contribution in [2.45, 2.75) is 12.5 Å². The number of fused-ring (bicyclic) bond motifs is 1. The topological polar surface area (TPSA) is 114 Å². The SMILES string of the molecule is CNC(=O)[C@H](CC(N)=O)NC(=O)c1cc2ccccc2o1. The van der Waals surface area contributed by atoms with Crippen molar-refractivity contribution in [2.24, 2.45) is 5.73 Å². The number of benzene rings is 1. The summed E-state index contributed by atoms with van der Waals surface area (Å²) in [5, 5.41) is 5.56. The lowest BCUT2D eigenvalue weighted by molar-refractivity contribution is -0.126. The summed E-state index contributed by atoms with van der Waals surface area (Å²) in [6.07, 6.45) is -0.286. The number of rotatable bonds is 5. The fraction of sp³-hybridized carbons (Fsp3) is 0.214. The largest absolute Gasteiger partial charge is 0.451 e. The highest BCUT2D eigenvalue weighted by Gasteiger charge is 2.24. The van der Waals surface area contributed by atoms with Gasteiger partial charge in [-0.15, -0.1) is 0 Å². The van der Waals surface area contributed by atoms with Crippen LogP contribution in [0.4, 0.5) is 0 Å². The molecule has 1 heterocycles. The van der Waals surface area contributed by atoms with Gasteiger partial charge in [0.25, 0.3) is 5.91 Å². The number of amides is 3. The van der Waals surface area contributed by atoms with Gasteiger partial charge in [0.2, 0.25) is 11.8 Å². The van der Waals surface area contributed by atoms with Gasteiger partial charge in [-0.3, -0.25) is 14.4 Å². The zero-order valence-electron chi connectivity index (χ0n) is 11.4.